The summed E-state index contributed by atoms with van der Waals surface area (Å²) in [5, 5.41) is 20.2. The van der Waals surface area contributed by atoms with Gasteiger partial charge in [-0.25, -0.2) is 23.4 Å². The average Bonchev–Trinajstić information content (AvgIpc) is 2.84. The first kappa shape index (κ1) is 25.2. The van der Waals surface area contributed by atoms with Gasteiger partial charge in [-0.3, -0.25) is 9.36 Å². The molecule has 0 saturated carbocycles. The van der Waals surface area contributed by atoms with Crippen molar-refractivity contribution in [3.8, 4) is 5.69 Å². The van der Waals surface area contributed by atoms with E-state index in [4.69, 9.17) is 4.74 Å². The van der Waals surface area contributed by atoms with E-state index in [-0.39, 0.29) is 39.3 Å². The van der Waals surface area contributed by atoms with Crippen molar-refractivity contribution < 1.29 is 28.4 Å². The number of fused-ring (bicyclic) bond motifs is 1. The molecular formula is C25H23N3O7S. The minimum atomic E-state index is -3.41. The van der Waals surface area contributed by atoms with Crippen LogP contribution in [-0.2, 0) is 21.0 Å². The maximum Gasteiger partial charge on any atom is 0.355 e. The molecule has 2 N–H and O–H groups in total. The molecule has 0 fully saturated rings. The molecule has 1 atom stereocenters. The molecule has 4 aromatic rings. The largest absolute Gasteiger partial charge is 0.595 e. The van der Waals surface area contributed by atoms with Crippen LogP contribution in [0.25, 0.3) is 16.7 Å². The number of nitrogens with zero attached hydrogens (tertiary/aromatic N) is 2. The van der Waals surface area contributed by atoms with Crippen LogP contribution in [0.3, 0.4) is 0 Å². The van der Waals surface area contributed by atoms with E-state index in [0.717, 1.165) is 6.26 Å². The lowest BCUT2D eigenvalue weighted by atomic mass is 10.00. The van der Waals surface area contributed by atoms with E-state index in [9.17, 15) is 28.4 Å². The van der Waals surface area contributed by atoms with Crippen molar-refractivity contribution in [3.63, 3.8) is 0 Å². The van der Waals surface area contributed by atoms with Crippen LogP contribution in [0.15, 0.2) is 70.4 Å². The van der Waals surface area contributed by atoms with Crippen LogP contribution in [0.5, 0.6) is 0 Å². The first-order valence-corrected chi connectivity index (χ1v) is 12.7. The number of ether oxygens (including phenoxy) is 1. The summed E-state index contributed by atoms with van der Waals surface area (Å²) < 4.78 is 30.1. The van der Waals surface area contributed by atoms with Gasteiger partial charge in [0.15, 0.2) is 21.0 Å². The number of quaternary nitrogens is 1. The number of hydrogen-bond acceptors (Lipinski definition) is 8. The Hall–Kier alpha value is -3.90. The lowest BCUT2D eigenvalue weighted by Crippen LogP contribution is -2.99. The van der Waals surface area contributed by atoms with Gasteiger partial charge >= 0.3 is 5.97 Å². The average molecular weight is 510 g/mol. The molecule has 2 aromatic carbocycles. The Morgan fingerprint density at radius 3 is 2.44 bits per heavy atom. The first-order chi connectivity index (χ1) is 17.0. The van der Waals surface area contributed by atoms with Crippen molar-refractivity contribution in [2.75, 3.05) is 13.4 Å². The highest BCUT2D eigenvalue weighted by Crippen LogP contribution is 2.25. The zero-order valence-electron chi connectivity index (χ0n) is 19.7. The molecule has 2 heterocycles. The quantitative estimate of drug-likeness (QED) is 0.296. The van der Waals surface area contributed by atoms with Crippen LogP contribution < -0.4 is 10.7 Å². The Morgan fingerprint density at radius 1 is 1.14 bits per heavy atom. The SMILES string of the molecule is COC(=O)c1c(Cc2ccc(S(C)(=O)=O)cc2)c(=O)c2ccc(C)nc2n1-c1cccc([NH+]([O-])O)c1. The Kier molecular flexibility index (Phi) is 6.74. The number of rotatable bonds is 6. The van der Waals surface area contributed by atoms with Crippen molar-refractivity contribution in [1.29, 1.82) is 0 Å². The fourth-order valence-corrected chi connectivity index (χ4v) is 4.60. The highest BCUT2D eigenvalue weighted by Gasteiger charge is 2.25. The van der Waals surface area contributed by atoms with E-state index in [1.165, 1.54) is 42.0 Å². The first-order valence-electron chi connectivity index (χ1n) is 10.8. The maximum absolute atomic E-state index is 13.6. The molecule has 2 aromatic heterocycles. The van der Waals surface area contributed by atoms with Crippen LogP contribution in [0, 0.1) is 12.1 Å². The predicted octanol–water partition coefficient (Wildman–Crippen LogP) is 1.88. The molecule has 0 radical (unpaired) electrons. The van der Waals surface area contributed by atoms with Gasteiger partial charge in [-0.2, -0.15) is 5.23 Å². The molecule has 0 bridgehead atoms. The third-order valence-electron chi connectivity index (χ3n) is 5.72. The van der Waals surface area contributed by atoms with Crippen LogP contribution in [0.2, 0.25) is 0 Å². The van der Waals surface area contributed by atoms with Gasteiger partial charge < -0.3 is 9.94 Å². The summed E-state index contributed by atoms with van der Waals surface area (Å²) in [6.07, 6.45) is 1.09. The predicted molar refractivity (Wildman–Crippen MR) is 132 cm³/mol. The number of aryl methyl sites for hydroxylation is 1. The Morgan fingerprint density at radius 2 is 1.83 bits per heavy atom. The summed E-state index contributed by atoms with van der Waals surface area (Å²) in [5.74, 6) is -0.805. The minimum Gasteiger partial charge on any atom is -0.595 e. The zero-order valence-corrected chi connectivity index (χ0v) is 20.5. The molecule has 10 nitrogen and oxygen atoms in total. The van der Waals surface area contributed by atoms with Gasteiger partial charge in [0.2, 0.25) is 0 Å². The van der Waals surface area contributed by atoms with Gasteiger partial charge in [-0.1, -0.05) is 18.2 Å². The van der Waals surface area contributed by atoms with Gasteiger partial charge in [0.1, 0.15) is 11.3 Å². The van der Waals surface area contributed by atoms with E-state index in [0.29, 0.717) is 16.9 Å². The molecule has 4 rings (SSSR count). The topological polar surface area (TPSA) is 143 Å². The van der Waals surface area contributed by atoms with E-state index in [1.54, 1.807) is 37.3 Å². The van der Waals surface area contributed by atoms with Gasteiger partial charge in [0, 0.05) is 36.1 Å². The molecule has 0 aliphatic carbocycles. The molecule has 36 heavy (non-hydrogen) atoms. The van der Waals surface area contributed by atoms with E-state index >= 15 is 0 Å². The summed E-state index contributed by atoms with van der Waals surface area (Å²) >= 11 is 0. The minimum absolute atomic E-state index is 0.00422. The van der Waals surface area contributed by atoms with Crippen LogP contribution in [-0.4, -0.2) is 42.5 Å². The van der Waals surface area contributed by atoms with Crippen molar-refractivity contribution in [1.82, 2.24) is 9.55 Å². The second kappa shape index (κ2) is 9.63. The molecule has 0 saturated heterocycles. The second-order valence-corrected chi connectivity index (χ2v) is 10.3. The molecule has 0 aliphatic rings. The van der Waals surface area contributed by atoms with E-state index in [2.05, 4.69) is 4.98 Å². The van der Waals surface area contributed by atoms with Crippen LogP contribution in [0.4, 0.5) is 5.69 Å². The van der Waals surface area contributed by atoms with Crippen molar-refractivity contribution >= 4 is 32.5 Å². The third kappa shape index (κ3) is 4.77. The van der Waals surface area contributed by atoms with Gasteiger partial charge in [-0.15, -0.1) is 0 Å². The highest BCUT2D eigenvalue weighted by molar-refractivity contribution is 7.90. The molecule has 11 heteroatoms. The number of sulfone groups is 1. The normalized spacial score (nSPS) is 12.5. The highest BCUT2D eigenvalue weighted by atomic mass is 32.2. The Balaban J connectivity index is 2.06. The zero-order chi connectivity index (χ0) is 26.2. The van der Waals surface area contributed by atoms with E-state index in [1.807, 2.05) is 0 Å². The standard InChI is InChI=1S/C25H23N3O7S/c1-15-7-12-20-23(29)21(13-16-8-10-19(11-9-16)36(3,33)34)22(25(30)35-2)27(24(20)26-15)17-5-4-6-18(14-17)28(31)32/h4-12,14,28,31H,13H2,1-3H3. The van der Waals surface area contributed by atoms with Gasteiger partial charge in [0.05, 0.1) is 23.1 Å². The smallest absolute Gasteiger partial charge is 0.355 e. The summed E-state index contributed by atoms with van der Waals surface area (Å²) in [5.41, 5.74) is 1.23. The van der Waals surface area contributed by atoms with Crippen LogP contribution in [0.1, 0.15) is 27.3 Å². The van der Waals surface area contributed by atoms with E-state index < -0.39 is 26.5 Å². The molecule has 0 aliphatic heterocycles. The fraction of sp³-hybridized carbons (Fsp3) is 0.160. The lowest BCUT2D eigenvalue weighted by Gasteiger charge is -2.20. The lowest BCUT2D eigenvalue weighted by molar-refractivity contribution is -0.991. The second-order valence-electron chi connectivity index (χ2n) is 8.26. The summed E-state index contributed by atoms with van der Waals surface area (Å²) in [4.78, 5) is 31.3. The molecular weight excluding hydrogens is 486 g/mol. The van der Waals surface area contributed by atoms with Crippen molar-refractivity contribution in [3.05, 3.63) is 98.6 Å². The Bertz CT molecular complexity index is 1640. The third-order valence-corrected chi connectivity index (χ3v) is 6.85. The summed E-state index contributed by atoms with van der Waals surface area (Å²) in [6, 6.07) is 15.2. The number of benzene rings is 2. The molecule has 186 valence electrons. The number of methoxy groups -OCH3 is 1. The number of carbonyl (C=O) groups excluding carboxylic acids is 1. The number of nitrogens with one attached hydrogen (secondary N) is 1. The number of esters is 1. The number of hydrogen-bond donors (Lipinski definition) is 2. The summed E-state index contributed by atoms with van der Waals surface area (Å²) in [6.45, 7) is 1.73. The number of carbonyl (C=O) groups is 1. The Labute approximate surface area is 206 Å². The fourth-order valence-electron chi connectivity index (χ4n) is 3.96. The van der Waals surface area contributed by atoms with Crippen molar-refractivity contribution in [2.24, 2.45) is 0 Å². The van der Waals surface area contributed by atoms with Gasteiger partial charge in [-0.05, 0) is 42.8 Å². The molecule has 0 spiro atoms. The maximum atomic E-state index is 13.6. The monoisotopic (exact) mass is 509 g/mol. The van der Waals surface area contributed by atoms with Gasteiger partial charge in [0.25, 0.3) is 0 Å². The number of aromatic nitrogens is 2. The molecule has 0 amide bonds. The summed E-state index contributed by atoms with van der Waals surface area (Å²) in [7, 11) is -2.23. The van der Waals surface area contributed by atoms with Crippen LogP contribution >= 0.6 is 0 Å². The van der Waals surface area contributed by atoms with Crippen molar-refractivity contribution in [2.45, 2.75) is 18.2 Å². The number of pyridine rings is 2. The molecule has 1 unspecified atom stereocenters.